The zero-order valence-corrected chi connectivity index (χ0v) is 11.9. The smallest absolute Gasteiger partial charge is 0.278 e. The van der Waals surface area contributed by atoms with Crippen LogP contribution in [0.3, 0.4) is 0 Å². The molecule has 0 aliphatic carbocycles. The van der Waals surface area contributed by atoms with Crippen molar-refractivity contribution >= 4 is 23.2 Å². The number of carbonyl (C=O) groups is 1. The van der Waals surface area contributed by atoms with E-state index in [0.717, 1.165) is 24.1 Å². The first kappa shape index (κ1) is 13.1. The van der Waals surface area contributed by atoms with Gasteiger partial charge in [0.1, 0.15) is 10.8 Å². The van der Waals surface area contributed by atoms with Gasteiger partial charge >= 0.3 is 0 Å². The summed E-state index contributed by atoms with van der Waals surface area (Å²) in [5, 5.41) is 0.234. The fraction of sp³-hybridized carbons (Fsp3) is 0.267. The van der Waals surface area contributed by atoms with Gasteiger partial charge in [-0.2, -0.15) is 0 Å². The Bertz CT molecular complexity index is 672. The highest BCUT2D eigenvalue weighted by molar-refractivity contribution is 6.29. The second-order valence-corrected chi connectivity index (χ2v) is 5.26. The van der Waals surface area contributed by atoms with Crippen molar-refractivity contribution in [2.24, 2.45) is 0 Å². The lowest BCUT2D eigenvalue weighted by atomic mass is 9.98. The van der Waals surface area contributed by atoms with Gasteiger partial charge in [0, 0.05) is 6.54 Å². The molecule has 0 spiro atoms. The zero-order valence-electron chi connectivity index (χ0n) is 11.1. The van der Waals surface area contributed by atoms with Crippen molar-refractivity contribution in [2.45, 2.75) is 19.8 Å². The van der Waals surface area contributed by atoms with Gasteiger partial charge in [0.05, 0.1) is 18.1 Å². The van der Waals surface area contributed by atoms with Gasteiger partial charge < -0.3 is 4.90 Å². The van der Waals surface area contributed by atoms with Gasteiger partial charge in [-0.1, -0.05) is 29.8 Å². The summed E-state index contributed by atoms with van der Waals surface area (Å²) in [4.78, 5) is 22.4. The van der Waals surface area contributed by atoms with E-state index in [1.54, 1.807) is 4.90 Å². The SMILES string of the molecule is Cc1cccc2c1N(C(=O)c1cncc(Cl)n1)CCC2. The van der Waals surface area contributed by atoms with E-state index >= 15 is 0 Å². The Morgan fingerprint density at radius 2 is 2.20 bits per heavy atom. The number of halogens is 1. The van der Waals surface area contributed by atoms with Crippen molar-refractivity contribution in [3.63, 3.8) is 0 Å². The molecule has 1 aliphatic heterocycles. The number of para-hydroxylation sites is 1. The number of amides is 1. The molecule has 4 nitrogen and oxygen atoms in total. The quantitative estimate of drug-likeness (QED) is 0.810. The molecular formula is C15H14ClN3O. The number of aromatic nitrogens is 2. The van der Waals surface area contributed by atoms with Crippen LogP contribution in [0.15, 0.2) is 30.6 Å². The lowest BCUT2D eigenvalue weighted by molar-refractivity contribution is 0.0979. The van der Waals surface area contributed by atoms with Crippen LogP contribution in [0, 0.1) is 6.92 Å². The number of hydrogen-bond donors (Lipinski definition) is 0. The first-order valence-electron chi connectivity index (χ1n) is 6.55. The first-order chi connectivity index (χ1) is 9.66. The number of anilines is 1. The van der Waals surface area contributed by atoms with Crippen LogP contribution in [0.4, 0.5) is 5.69 Å². The van der Waals surface area contributed by atoms with Crippen LogP contribution in [0.2, 0.25) is 5.15 Å². The lowest BCUT2D eigenvalue weighted by Crippen LogP contribution is -2.36. The average molecular weight is 288 g/mol. The third kappa shape index (κ3) is 2.27. The van der Waals surface area contributed by atoms with Gasteiger partial charge in [-0.25, -0.2) is 4.98 Å². The molecule has 2 aromatic rings. The van der Waals surface area contributed by atoms with Gasteiger partial charge in [0.15, 0.2) is 0 Å². The molecule has 1 amide bonds. The minimum atomic E-state index is -0.143. The number of hydrogen-bond acceptors (Lipinski definition) is 3. The third-order valence-electron chi connectivity index (χ3n) is 3.49. The highest BCUT2D eigenvalue weighted by Crippen LogP contribution is 2.31. The fourth-order valence-electron chi connectivity index (χ4n) is 2.63. The molecule has 0 atom stereocenters. The van der Waals surface area contributed by atoms with Crippen LogP contribution < -0.4 is 4.90 Å². The molecule has 0 N–H and O–H groups in total. The number of rotatable bonds is 1. The van der Waals surface area contributed by atoms with Crippen molar-refractivity contribution < 1.29 is 4.79 Å². The second kappa shape index (κ2) is 5.21. The molecule has 0 radical (unpaired) electrons. The number of aryl methyl sites for hydroxylation is 2. The Balaban J connectivity index is 2.03. The van der Waals surface area contributed by atoms with E-state index in [4.69, 9.17) is 11.6 Å². The van der Waals surface area contributed by atoms with E-state index in [-0.39, 0.29) is 16.8 Å². The summed E-state index contributed by atoms with van der Waals surface area (Å²) >= 11 is 5.81. The second-order valence-electron chi connectivity index (χ2n) is 4.87. The maximum absolute atomic E-state index is 12.6. The Morgan fingerprint density at radius 3 is 3.00 bits per heavy atom. The molecule has 3 rings (SSSR count). The minimum Gasteiger partial charge on any atom is -0.306 e. The Hall–Kier alpha value is -1.94. The standard InChI is InChI=1S/C15H14ClN3O/c1-10-4-2-5-11-6-3-7-19(14(10)11)15(20)12-8-17-9-13(16)18-12/h2,4-5,8-9H,3,6-7H2,1H3. The molecule has 0 unspecified atom stereocenters. The fourth-order valence-corrected chi connectivity index (χ4v) is 2.78. The first-order valence-corrected chi connectivity index (χ1v) is 6.92. The van der Waals surface area contributed by atoms with Gasteiger partial charge in [0.25, 0.3) is 5.91 Å². The predicted molar refractivity (Wildman–Crippen MR) is 78.2 cm³/mol. The van der Waals surface area contributed by atoms with Crippen LogP contribution >= 0.6 is 11.6 Å². The largest absolute Gasteiger partial charge is 0.306 e. The molecule has 1 aromatic carbocycles. The van der Waals surface area contributed by atoms with Gasteiger partial charge in [0.2, 0.25) is 0 Å². The molecule has 2 heterocycles. The van der Waals surface area contributed by atoms with Crippen molar-refractivity contribution in [1.29, 1.82) is 0 Å². The maximum Gasteiger partial charge on any atom is 0.278 e. The van der Waals surface area contributed by atoms with Gasteiger partial charge in [-0.15, -0.1) is 0 Å². The molecule has 0 saturated heterocycles. The number of carbonyl (C=O) groups excluding carboxylic acids is 1. The van der Waals surface area contributed by atoms with E-state index in [2.05, 4.69) is 16.0 Å². The molecule has 1 aliphatic rings. The highest BCUT2D eigenvalue weighted by Gasteiger charge is 2.25. The summed E-state index contributed by atoms with van der Waals surface area (Å²) in [6.07, 6.45) is 4.84. The van der Waals surface area contributed by atoms with E-state index in [0.29, 0.717) is 6.54 Å². The average Bonchev–Trinajstić information content (AvgIpc) is 2.46. The van der Waals surface area contributed by atoms with Crippen molar-refractivity contribution in [3.8, 4) is 0 Å². The molecule has 0 fully saturated rings. The maximum atomic E-state index is 12.6. The normalized spacial score (nSPS) is 14.0. The van der Waals surface area contributed by atoms with E-state index < -0.39 is 0 Å². The molecule has 1 aromatic heterocycles. The summed E-state index contributed by atoms with van der Waals surface area (Å²) in [5.74, 6) is -0.143. The predicted octanol–water partition coefficient (Wildman–Crippen LogP) is 3.03. The van der Waals surface area contributed by atoms with Gasteiger partial charge in [-0.05, 0) is 30.9 Å². The van der Waals surface area contributed by atoms with Gasteiger partial charge in [-0.3, -0.25) is 9.78 Å². The number of fused-ring (bicyclic) bond motifs is 1. The highest BCUT2D eigenvalue weighted by atomic mass is 35.5. The molecule has 102 valence electrons. The number of nitrogens with zero attached hydrogens (tertiary/aromatic N) is 3. The van der Waals surface area contributed by atoms with Crippen molar-refractivity contribution in [2.75, 3.05) is 11.4 Å². The van der Waals surface area contributed by atoms with E-state index in [1.165, 1.54) is 18.0 Å². The summed E-state index contributed by atoms with van der Waals surface area (Å²) < 4.78 is 0. The summed E-state index contributed by atoms with van der Waals surface area (Å²) in [5.41, 5.74) is 3.60. The van der Waals surface area contributed by atoms with Crippen LogP contribution in [-0.4, -0.2) is 22.4 Å². The van der Waals surface area contributed by atoms with Crippen molar-refractivity contribution in [1.82, 2.24) is 9.97 Å². The van der Waals surface area contributed by atoms with Crippen LogP contribution in [0.1, 0.15) is 28.0 Å². The Kier molecular flexibility index (Phi) is 3.40. The molecule has 0 bridgehead atoms. The topological polar surface area (TPSA) is 46.1 Å². The monoisotopic (exact) mass is 287 g/mol. The zero-order chi connectivity index (χ0) is 14.1. The summed E-state index contributed by atoms with van der Waals surface area (Å²) in [6.45, 7) is 2.72. The minimum absolute atomic E-state index is 0.143. The third-order valence-corrected chi connectivity index (χ3v) is 3.67. The summed E-state index contributed by atoms with van der Waals surface area (Å²) in [7, 11) is 0. The molecule has 20 heavy (non-hydrogen) atoms. The molecule has 5 heteroatoms. The molecule has 0 saturated carbocycles. The van der Waals surface area contributed by atoms with Crippen molar-refractivity contribution in [3.05, 3.63) is 52.6 Å². The van der Waals surface area contributed by atoms with Crippen LogP contribution in [0.5, 0.6) is 0 Å². The molecular weight excluding hydrogens is 274 g/mol. The lowest BCUT2D eigenvalue weighted by Gasteiger charge is -2.30. The summed E-state index contributed by atoms with van der Waals surface area (Å²) in [6, 6.07) is 6.13. The van der Waals surface area contributed by atoms with Crippen LogP contribution in [-0.2, 0) is 6.42 Å². The van der Waals surface area contributed by atoms with E-state index in [9.17, 15) is 4.79 Å². The van der Waals surface area contributed by atoms with Crippen LogP contribution in [0.25, 0.3) is 0 Å². The number of benzene rings is 1. The Morgan fingerprint density at radius 1 is 1.35 bits per heavy atom. The van der Waals surface area contributed by atoms with E-state index in [1.807, 2.05) is 19.1 Å². The Labute approximate surface area is 122 Å².